The van der Waals surface area contributed by atoms with E-state index < -0.39 is 8.07 Å². The first-order valence-corrected chi connectivity index (χ1v) is 9.53. The van der Waals surface area contributed by atoms with Crippen molar-refractivity contribution in [3.8, 4) is 0 Å². The van der Waals surface area contributed by atoms with Gasteiger partial charge < -0.3 is 0 Å². The van der Waals surface area contributed by atoms with Crippen molar-refractivity contribution in [2.24, 2.45) is 0 Å². The van der Waals surface area contributed by atoms with Gasteiger partial charge in [-0.1, -0.05) is 90.7 Å². The van der Waals surface area contributed by atoms with Crippen LogP contribution in [0.4, 0.5) is 0 Å². The average Bonchev–Trinajstić information content (AvgIpc) is 2.41. The summed E-state index contributed by atoms with van der Waals surface area (Å²) < 4.78 is 0. The summed E-state index contributed by atoms with van der Waals surface area (Å²) in [4.78, 5) is 0. The Morgan fingerprint density at radius 1 is 0.833 bits per heavy atom. The molecule has 0 radical (unpaired) electrons. The molecule has 0 N–H and O–H groups in total. The highest BCUT2D eigenvalue weighted by molar-refractivity contribution is 6.93. The van der Waals surface area contributed by atoms with Crippen LogP contribution in [0.1, 0.15) is 5.56 Å². The van der Waals surface area contributed by atoms with Crippen LogP contribution in [0.5, 0.6) is 0 Å². The number of hydrogen-bond acceptors (Lipinski definition) is 0. The second-order valence-corrected chi connectivity index (χ2v) is 9.53. The van der Waals surface area contributed by atoms with Gasteiger partial charge in [-0.25, -0.2) is 0 Å². The summed E-state index contributed by atoms with van der Waals surface area (Å²) >= 11 is 0. The van der Waals surface area contributed by atoms with Gasteiger partial charge >= 0.3 is 0 Å². The predicted octanol–water partition coefficient (Wildman–Crippen LogP) is 3.94. The van der Waals surface area contributed by atoms with Crippen molar-refractivity contribution >= 4 is 13.3 Å². The first-order chi connectivity index (χ1) is 8.68. The van der Waals surface area contributed by atoms with Gasteiger partial charge in [-0.15, -0.1) is 0 Å². The third-order valence-electron chi connectivity index (χ3n) is 3.25. The van der Waals surface area contributed by atoms with E-state index in [9.17, 15) is 0 Å². The van der Waals surface area contributed by atoms with Gasteiger partial charge in [-0.2, -0.15) is 0 Å². The van der Waals surface area contributed by atoms with Gasteiger partial charge in [0.25, 0.3) is 0 Å². The normalized spacial score (nSPS) is 11.9. The Balaban J connectivity index is 2.05. The molecule has 0 unspecified atom stereocenters. The lowest BCUT2D eigenvalue weighted by Gasteiger charge is -2.18. The highest BCUT2D eigenvalue weighted by Crippen LogP contribution is 2.07. The standard InChI is InChI=1S/C17H20Si/c1-18(2,17-13-7-4-8-14-17)15-9-12-16-10-5-3-6-11-16/h3-11,13-15H,12H2,1-2H3/b15-9+. The summed E-state index contributed by atoms with van der Waals surface area (Å²) in [6.07, 6.45) is 3.36. The minimum Gasteiger partial charge on any atom is -0.0940 e. The molecule has 2 aromatic carbocycles. The Kier molecular flexibility index (Phi) is 4.16. The molecule has 0 aliphatic carbocycles. The van der Waals surface area contributed by atoms with Crippen LogP contribution in [-0.4, -0.2) is 8.07 Å². The van der Waals surface area contributed by atoms with Gasteiger partial charge in [0.2, 0.25) is 0 Å². The maximum absolute atomic E-state index is 2.44. The molecule has 0 atom stereocenters. The summed E-state index contributed by atoms with van der Waals surface area (Å²) in [7, 11) is -1.41. The van der Waals surface area contributed by atoms with Gasteiger partial charge in [-0.3, -0.25) is 0 Å². The van der Waals surface area contributed by atoms with Crippen LogP contribution >= 0.6 is 0 Å². The smallest absolute Gasteiger partial charge is 0.0940 e. The SMILES string of the molecule is C[Si](C)(/C=C/Cc1ccccc1)c1ccccc1. The van der Waals surface area contributed by atoms with Gasteiger partial charge in [0.05, 0.1) is 0 Å². The molecular weight excluding hydrogens is 232 g/mol. The first kappa shape index (κ1) is 12.8. The third kappa shape index (κ3) is 3.44. The first-order valence-electron chi connectivity index (χ1n) is 6.46. The maximum Gasteiger partial charge on any atom is 0.103 e. The molecule has 0 nitrogen and oxygen atoms in total. The molecule has 0 heterocycles. The lowest BCUT2D eigenvalue weighted by Crippen LogP contribution is -2.39. The maximum atomic E-state index is 2.44. The van der Waals surface area contributed by atoms with Crippen molar-refractivity contribution in [1.82, 2.24) is 0 Å². The second kappa shape index (κ2) is 5.83. The van der Waals surface area contributed by atoms with Crippen LogP contribution in [0.3, 0.4) is 0 Å². The Morgan fingerprint density at radius 2 is 1.39 bits per heavy atom. The van der Waals surface area contributed by atoms with Crippen molar-refractivity contribution in [3.63, 3.8) is 0 Å². The van der Waals surface area contributed by atoms with Crippen LogP contribution in [0.25, 0.3) is 0 Å². The van der Waals surface area contributed by atoms with E-state index in [2.05, 4.69) is 85.5 Å². The van der Waals surface area contributed by atoms with Gasteiger partial charge in [0.15, 0.2) is 0 Å². The molecule has 0 fully saturated rings. The summed E-state index contributed by atoms with van der Waals surface area (Å²) in [5.41, 5.74) is 3.82. The van der Waals surface area contributed by atoms with Crippen LogP contribution in [0.15, 0.2) is 72.4 Å². The zero-order chi connectivity index (χ0) is 12.8. The molecule has 0 aromatic heterocycles. The molecule has 0 spiro atoms. The fraction of sp³-hybridized carbons (Fsp3) is 0.176. The number of hydrogen-bond donors (Lipinski definition) is 0. The van der Waals surface area contributed by atoms with E-state index in [0.717, 1.165) is 6.42 Å². The fourth-order valence-corrected chi connectivity index (χ4v) is 4.02. The second-order valence-electron chi connectivity index (χ2n) is 5.18. The van der Waals surface area contributed by atoms with E-state index in [0.29, 0.717) is 0 Å². The summed E-state index contributed by atoms with van der Waals surface area (Å²) in [6.45, 7) is 4.79. The van der Waals surface area contributed by atoms with Crippen LogP contribution in [0, 0.1) is 0 Å². The molecule has 2 rings (SSSR count). The van der Waals surface area contributed by atoms with Crippen molar-refractivity contribution in [2.75, 3.05) is 0 Å². The number of benzene rings is 2. The Morgan fingerprint density at radius 3 is 2.00 bits per heavy atom. The van der Waals surface area contributed by atoms with E-state index in [4.69, 9.17) is 0 Å². The molecule has 0 amide bonds. The largest absolute Gasteiger partial charge is 0.103 e. The Bertz CT molecular complexity index is 498. The molecule has 0 bridgehead atoms. The van der Waals surface area contributed by atoms with Crippen molar-refractivity contribution in [1.29, 1.82) is 0 Å². The van der Waals surface area contributed by atoms with E-state index in [1.807, 2.05) is 0 Å². The van der Waals surface area contributed by atoms with Crippen molar-refractivity contribution < 1.29 is 0 Å². The van der Waals surface area contributed by atoms with E-state index in [1.165, 1.54) is 10.8 Å². The van der Waals surface area contributed by atoms with Crippen LogP contribution < -0.4 is 5.19 Å². The van der Waals surface area contributed by atoms with Crippen LogP contribution in [0.2, 0.25) is 13.1 Å². The highest BCUT2D eigenvalue weighted by Gasteiger charge is 2.18. The summed E-state index contributed by atoms with van der Waals surface area (Å²) in [5, 5.41) is 1.49. The summed E-state index contributed by atoms with van der Waals surface area (Å²) in [6, 6.07) is 21.5. The number of rotatable bonds is 4. The molecule has 18 heavy (non-hydrogen) atoms. The van der Waals surface area contributed by atoms with E-state index >= 15 is 0 Å². The zero-order valence-corrected chi connectivity index (χ0v) is 12.1. The Labute approximate surface area is 111 Å². The monoisotopic (exact) mass is 252 g/mol. The quantitative estimate of drug-likeness (QED) is 0.723. The minimum absolute atomic E-state index is 1.03. The van der Waals surface area contributed by atoms with Gasteiger partial charge in [0, 0.05) is 0 Å². The van der Waals surface area contributed by atoms with E-state index in [1.54, 1.807) is 0 Å². The van der Waals surface area contributed by atoms with Gasteiger partial charge in [0.1, 0.15) is 8.07 Å². The molecule has 1 heteroatoms. The van der Waals surface area contributed by atoms with Crippen molar-refractivity contribution in [3.05, 3.63) is 78.0 Å². The molecule has 2 aromatic rings. The third-order valence-corrected chi connectivity index (χ3v) is 6.14. The predicted molar refractivity (Wildman–Crippen MR) is 82.8 cm³/mol. The molecule has 92 valence electrons. The van der Waals surface area contributed by atoms with Gasteiger partial charge in [-0.05, 0) is 12.0 Å². The lowest BCUT2D eigenvalue weighted by atomic mass is 10.2. The van der Waals surface area contributed by atoms with Crippen LogP contribution in [-0.2, 0) is 6.42 Å². The average molecular weight is 252 g/mol. The molecule has 0 saturated heterocycles. The highest BCUT2D eigenvalue weighted by atomic mass is 28.3. The van der Waals surface area contributed by atoms with E-state index in [-0.39, 0.29) is 0 Å². The topological polar surface area (TPSA) is 0 Å². The number of allylic oxidation sites excluding steroid dienone is 1. The fourth-order valence-electron chi connectivity index (χ4n) is 2.07. The minimum atomic E-state index is -1.41. The summed E-state index contributed by atoms with van der Waals surface area (Å²) in [5.74, 6) is 0. The molecular formula is C17H20Si. The molecule has 0 aliphatic heterocycles. The Hall–Kier alpha value is -1.60. The molecule has 0 saturated carbocycles. The molecule has 0 aliphatic rings. The lowest BCUT2D eigenvalue weighted by molar-refractivity contribution is 1.27. The zero-order valence-electron chi connectivity index (χ0n) is 11.1. The van der Waals surface area contributed by atoms with Crippen molar-refractivity contribution in [2.45, 2.75) is 19.5 Å².